The fraction of sp³-hybridized carbons (Fsp3) is 0.312. The van der Waals surface area contributed by atoms with Crippen molar-refractivity contribution in [1.82, 2.24) is 10.3 Å². The van der Waals surface area contributed by atoms with Crippen LogP contribution in [0.5, 0.6) is 0 Å². The second-order valence-electron chi connectivity index (χ2n) is 5.34. The summed E-state index contributed by atoms with van der Waals surface area (Å²) < 4.78 is 0. The highest BCUT2D eigenvalue weighted by atomic mass is 35.5. The molecule has 5 nitrogen and oxygen atoms in total. The molecular weight excluding hydrogens is 334 g/mol. The van der Waals surface area contributed by atoms with Crippen LogP contribution < -0.4 is 10.6 Å². The van der Waals surface area contributed by atoms with E-state index in [1.165, 1.54) is 11.3 Å². The number of amides is 2. The maximum atomic E-state index is 12.6. The van der Waals surface area contributed by atoms with E-state index in [9.17, 15) is 9.59 Å². The molecule has 2 amide bonds. The first-order chi connectivity index (χ1) is 11.1. The first kappa shape index (κ1) is 16.0. The molecule has 120 valence electrons. The Morgan fingerprint density at radius 3 is 2.83 bits per heavy atom. The molecule has 1 aliphatic rings. The van der Waals surface area contributed by atoms with E-state index in [1.54, 1.807) is 23.7 Å². The van der Waals surface area contributed by atoms with Gasteiger partial charge >= 0.3 is 0 Å². The molecule has 0 aliphatic heterocycles. The second-order valence-corrected chi connectivity index (χ2v) is 6.64. The lowest BCUT2D eigenvalue weighted by Crippen LogP contribution is -2.24. The van der Waals surface area contributed by atoms with Crippen LogP contribution in [-0.4, -0.2) is 23.3 Å². The number of nitrogens with one attached hydrogen (secondary N) is 2. The van der Waals surface area contributed by atoms with Gasteiger partial charge in [0.15, 0.2) is 0 Å². The van der Waals surface area contributed by atoms with Crippen LogP contribution in [0.15, 0.2) is 23.7 Å². The molecule has 7 heteroatoms. The zero-order valence-corrected chi connectivity index (χ0v) is 14.1. The van der Waals surface area contributed by atoms with E-state index in [0.717, 1.165) is 18.5 Å². The van der Waals surface area contributed by atoms with Crippen LogP contribution in [0.4, 0.5) is 5.69 Å². The zero-order valence-electron chi connectivity index (χ0n) is 12.6. The summed E-state index contributed by atoms with van der Waals surface area (Å²) in [7, 11) is 0. The summed E-state index contributed by atoms with van der Waals surface area (Å²) in [4.78, 5) is 29.6. The fourth-order valence-electron chi connectivity index (χ4n) is 2.33. The number of hydrogen-bond acceptors (Lipinski definition) is 4. The van der Waals surface area contributed by atoms with Gasteiger partial charge in [-0.15, -0.1) is 11.3 Å². The lowest BCUT2D eigenvalue weighted by atomic mass is 10.1. The summed E-state index contributed by atoms with van der Waals surface area (Å²) in [6.07, 6.45) is 2.15. The molecule has 1 aliphatic carbocycles. The Kier molecular flexibility index (Phi) is 4.63. The van der Waals surface area contributed by atoms with Crippen molar-refractivity contribution in [3.05, 3.63) is 44.9 Å². The number of carbonyl (C=O) groups is 2. The van der Waals surface area contributed by atoms with E-state index in [4.69, 9.17) is 11.6 Å². The van der Waals surface area contributed by atoms with Crippen LogP contribution in [-0.2, 0) is 0 Å². The second kappa shape index (κ2) is 6.68. The zero-order chi connectivity index (χ0) is 16.4. The van der Waals surface area contributed by atoms with Gasteiger partial charge in [0.25, 0.3) is 11.8 Å². The topological polar surface area (TPSA) is 71.1 Å². The summed E-state index contributed by atoms with van der Waals surface area (Å²) in [6.45, 7) is 2.35. The van der Waals surface area contributed by atoms with E-state index < -0.39 is 0 Å². The Balaban J connectivity index is 1.86. The molecule has 0 atom stereocenters. The number of nitrogens with zero attached hydrogens (tertiary/aromatic N) is 1. The van der Waals surface area contributed by atoms with Gasteiger partial charge in [-0.1, -0.05) is 11.6 Å². The molecule has 1 aromatic carbocycles. The molecule has 2 N–H and O–H groups in total. The van der Waals surface area contributed by atoms with E-state index in [2.05, 4.69) is 15.6 Å². The number of hydrogen-bond donors (Lipinski definition) is 2. The van der Waals surface area contributed by atoms with Gasteiger partial charge in [-0.25, -0.2) is 4.98 Å². The molecule has 0 radical (unpaired) electrons. The standard InChI is InChI=1S/C16H16ClN3O2S/c1-2-18-15(21)11-6-5-10(17)7-12(11)20-16(22)14-13(9-3-4-9)19-8-23-14/h5-9H,2-4H2,1H3,(H,18,21)(H,20,22). The first-order valence-corrected chi connectivity index (χ1v) is 8.68. The molecule has 3 rings (SSSR count). The third-order valence-electron chi connectivity index (χ3n) is 3.58. The van der Waals surface area contributed by atoms with Crippen molar-refractivity contribution in [3.63, 3.8) is 0 Å². The van der Waals surface area contributed by atoms with Crippen molar-refractivity contribution in [2.24, 2.45) is 0 Å². The summed E-state index contributed by atoms with van der Waals surface area (Å²) in [6, 6.07) is 4.82. The van der Waals surface area contributed by atoms with Crippen LogP contribution in [0.25, 0.3) is 0 Å². The van der Waals surface area contributed by atoms with Crippen LogP contribution in [0.3, 0.4) is 0 Å². The highest BCUT2D eigenvalue weighted by molar-refractivity contribution is 7.12. The molecule has 1 aromatic heterocycles. The van der Waals surface area contributed by atoms with E-state index in [-0.39, 0.29) is 11.8 Å². The molecule has 23 heavy (non-hydrogen) atoms. The number of rotatable bonds is 5. The number of carbonyl (C=O) groups excluding carboxylic acids is 2. The van der Waals surface area contributed by atoms with E-state index >= 15 is 0 Å². The third kappa shape index (κ3) is 3.54. The predicted octanol–water partition coefficient (Wildman–Crippen LogP) is 3.68. The average Bonchev–Trinajstić information content (AvgIpc) is 3.24. The number of halogens is 1. The minimum absolute atomic E-state index is 0.244. The van der Waals surface area contributed by atoms with E-state index in [1.807, 2.05) is 6.92 Å². The fourth-order valence-corrected chi connectivity index (χ4v) is 3.27. The largest absolute Gasteiger partial charge is 0.352 e. The predicted molar refractivity (Wildman–Crippen MR) is 91.5 cm³/mol. The number of thiazole rings is 1. The lowest BCUT2D eigenvalue weighted by molar-refractivity contribution is 0.0956. The number of benzene rings is 1. The van der Waals surface area contributed by atoms with Gasteiger partial charge in [0.2, 0.25) is 0 Å². The highest BCUT2D eigenvalue weighted by Crippen LogP contribution is 2.42. The maximum absolute atomic E-state index is 12.6. The molecule has 0 unspecified atom stereocenters. The highest BCUT2D eigenvalue weighted by Gasteiger charge is 2.31. The smallest absolute Gasteiger partial charge is 0.267 e. The quantitative estimate of drug-likeness (QED) is 0.865. The Hall–Kier alpha value is -1.92. The van der Waals surface area contributed by atoms with Crippen molar-refractivity contribution in [2.75, 3.05) is 11.9 Å². The van der Waals surface area contributed by atoms with Gasteiger partial charge < -0.3 is 10.6 Å². The first-order valence-electron chi connectivity index (χ1n) is 7.42. The molecular formula is C16H16ClN3O2S. The van der Waals surface area contributed by atoms with Crippen LogP contribution >= 0.6 is 22.9 Å². The Bertz CT molecular complexity index is 756. The van der Waals surface area contributed by atoms with Crippen LogP contribution in [0.1, 0.15) is 51.4 Å². The van der Waals surface area contributed by atoms with Gasteiger partial charge in [-0.05, 0) is 38.0 Å². The van der Waals surface area contributed by atoms with Crippen molar-refractivity contribution < 1.29 is 9.59 Å². The van der Waals surface area contributed by atoms with Crippen molar-refractivity contribution in [3.8, 4) is 0 Å². The average molecular weight is 350 g/mol. The van der Waals surface area contributed by atoms with Crippen LogP contribution in [0.2, 0.25) is 5.02 Å². The Morgan fingerprint density at radius 2 is 2.13 bits per heavy atom. The normalized spacial score (nSPS) is 13.7. The molecule has 1 saturated carbocycles. The molecule has 2 aromatic rings. The number of aromatic nitrogens is 1. The molecule has 1 heterocycles. The monoisotopic (exact) mass is 349 g/mol. The minimum atomic E-state index is -0.248. The molecule has 0 bridgehead atoms. The lowest BCUT2D eigenvalue weighted by Gasteiger charge is -2.11. The van der Waals surface area contributed by atoms with Gasteiger partial charge in [0, 0.05) is 17.5 Å². The summed E-state index contributed by atoms with van der Waals surface area (Å²) in [5, 5.41) is 5.99. The van der Waals surface area contributed by atoms with Gasteiger partial charge in [0.05, 0.1) is 22.5 Å². The van der Waals surface area contributed by atoms with Gasteiger partial charge in [-0.3, -0.25) is 9.59 Å². The van der Waals surface area contributed by atoms with Gasteiger partial charge in [-0.2, -0.15) is 0 Å². The molecule has 1 fully saturated rings. The Morgan fingerprint density at radius 1 is 1.35 bits per heavy atom. The summed E-state index contributed by atoms with van der Waals surface area (Å²) in [5.74, 6) is -0.0994. The Labute approximate surface area is 143 Å². The van der Waals surface area contributed by atoms with Crippen LogP contribution in [0, 0.1) is 0 Å². The molecule has 0 saturated heterocycles. The van der Waals surface area contributed by atoms with Crippen molar-refractivity contribution in [2.45, 2.75) is 25.7 Å². The van der Waals surface area contributed by atoms with Crippen molar-refractivity contribution in [1.29, 1.82) is 0 Å². The SMILES string of the molecule is CCNC(=O)c1ccc(Cl)cc1NC(=O)c1scnc1C1CC1. The van der Waals surface area contributed by atoms with Crippen molar-refractivity contribution >= 4 is 40.4 Å². The summed E-state index contributed by atoms with van der Waals surface area (Å²) >= 11 is 7.32. The minimum Gasteiger partial charge on any atom is -0.352 e. The third-order valence-corrected chi connectivity index (χ3v) is 4.65. The number of anilines is 1. The van der Waals surface area contributed by atoms with E-state index in [0.29, 0.717) is 33.6 Å². The maximum Gasteiger partial charge on any atom is 0.267 e. The summed E-state index contributed by atoms with van der Waals surface area (Å²) in [5.41, 5.74) is 3.34. The molecule has 0 spiro atoms. The van der Waals surface area contributed by atoms with Gasteiger partial charge in [0.1, 0.15) is 4.88 Å².